The molecule has 0 aliphatic rings. The van der Waals surface area contributed by atoms with E-state index in [0.29, 0.717) is 12.5 Å². The van der Waals surface area contributed by atoms with Crippen molar-refractivity contribution in [3.63, 3.8) is 0 Å². The van der Waals surface area contributed by atoms with E-state index in [1.54, 1.807) is 7.05 Å². The van der Waals surface area contributed by atoms with Gasteiger partial charge in [0.15, 0.2) is 5.96 Å². The van der Waals surface area contributed by atoms with Crippen molar-refractivity contribution >= 4 is 5.96 Å². The zero-order valence-electron chi connectivity index (χ0n) is 12.7. The smallest absolute Gasteiger partial charge is 0.421 e. The zero-order valence-corrected chi connectivity index (χ0v) is 12.7. The number of unbranched alkanes of at least 4 members (excludes halogenated alkanes) is 1. The number of alkyl halides is 3. The predicted octanol–water partition coefficient (Wildman–Crippen LogP) is 2.44. The first-order valence-electron chi connectivity index (χ1n) is 7.08. The van der Waals surface area contributed by atoms with Crippen molar-refractivity contribution in [2.45, 2.75) is 25.9 Å². The van der Waals surface area contributed by atoms with Crippen LogP contribution in [0, 0.1) is 0 Å². The largest absolute Gasteiger partial charge is 0.475 e. The summed E-state index contributed by atoms with van der Waals surface area (Å²) in [4.78, 5) is 7.63. The Morgan fingerprint density at radius 1 is 1.32 bits per heavy atom. The van der Waals surface area contributed by atoms with E-state index >= 15 is 0 Å². The van der Waals surface area contributed by atoms with Crippen LogP contribution < -0.4 is 15.4 Å². The third kappa shape index (κ3) is 6.19. The zero-order chi connectivity index (χ0) is 16.4. The highest BCUT2D eigenvalue weighted by atomic mass is 19.4. The van der Waals surface area contributed by atoms with Gasteiger partial charge in [-0.2, -0.15) is 13.2 Å². The Bertz CT molecular complexity index is 477. The van der Waals surface area contributed by atoms with Gasteiger partial charge >= 0.3 is 6.18 Å². The second-order valence-corrected chi connectivity index (χ2v) is 4.48. The van der Waals surface area contributed by atoms with Crippen LogP contribution in [0.15, 0.2) is 23.3 Å². The maximum absolute atomic E-state index is 12.7. The van der Waals surface area contributed by atoms with Gasteiger partial charge in [-0.15, -0.1) is 0 Å². The lowest BCUT2D eigenvalue weighted by atomic mass is 10.2. The second-order valence-electron chi connectivity index (χ2n) is 4.48. The number of hydrogen-bond acceptors (Lipinski definition) is 3. The number of hydrogen-bond donors (Lipinski definition) is 2. The van der Waals surface area contributed by atoms with Crippen LogP contribution in [0.25, 0.3) is 0 Å². The van der Waals surface area contributed by atoms with Crippen molar-refractivity contribution in [3.05, 3.63) is 23.9 Å². The molecule has 5 nitrogen and oxygen atoms in total. The summed E-state index contributed by atoms with van der Waals surface area (Å²) in [5, 5.41) is 6.05. The minimum Gasteiger partial charge on any atom is -0.475 e. The third-order valence-electron chi connectivity index (χ3n) is 2.76. The molecule has 8 heteroatoms. The lowest BCUT2D eigenvalue weighted by Crippen LogP contribution is -2.39. The number of aliphatic imine (C=N–C) groups is 1. The van der Waals surface area contributed by atoms with Crippen LogP contribution >= 0.6 is 0 Å². The lowest BCUT2D eigenvalue weighted by Gasteiger charge is -2.14. The summed E-state index contributed by atoms with van der Waals surface area (Å²) in [6.45, 7) is 3.24. The molecule has 0 unspecified atom stereocenters. The van der Waals surface area contributed by atoms with Crippen LogP contribution in [-0.2, 0) is 6.18 Å². The average Bonchev–Trinajstić information content (AvgIpc) is 2.49. The van der Waals surface area contributed by atoms with E-state index in [1.807, 2.05) is 0 Å². The highest BCUT2D eigenvalue weighted by molar-refractivity contribution is 5.79. The molecule has 0 saturated carbocycles. The molecule has 0 aliphatic heterocycles. The molecule has 1 aromatic rings. The molecule has 1 heterocycles. The standard InChI is InChI=1S/C14H21F3N4O/c1-3-4-7-20-13(18-2)21-9-10-22-12-11(14(15,16)17)6-5-8-19-12/h5-6,8H,3-4,7,9-10H2,1-2H3,(H2,18,20,21). The molecule has 2 N–H and O–H groups in total. The molecule has 0 atom stereocenters. The van der Waals surface area contributed by atoms with Gasteiger partial charge in [0.1, 0.15) is 12.2 Å². The minimum atomic E-state index is -4.48. The molecule has 0 amide bonds. The number of pyridine rings is 1. The molecule has 124 valence electrons. The Balaban J connectivity index is 2.42. The van der Waals surface area contributed by atoms with E-state index < -0.39 is 17.6 Å². The topological polar surface area (TPSA) is 58.5 Å². The van der Waals surface area contributed by atoms with Gasteiger partial charge in [-0.25, -0.2) is 4.98 Å². The van der Waals surface area contributed by atoms with Crippen molar-refractivity contribution in [2.75, 3.05) is 26.7 Å². The van der Waals surface area contributed by atoms with Crippen molar-refractivity contribution in [2.24, 2.45) is 4.99 Å². The number of nitrogens with zero attached hydrogens (tertiary/aromatic N) is 2. The third-order valence-corrected chi connectivity index (χ3v) is 2.76. The number of guanidine groups is 1. The summed E-state index contributed by atoms with van der Waals surface area (Å²) >= 11 is 0. The van der Waals surface area contributed by atoms with Gasteiger partial charge in [0.25, 0.3) is 0 Å². The number of ether oxygens (including phenoxy) is 1. The van der Waals surface area contributed by atoms with Crippen LogP contribution in [0.3, 0.4) is 0 Å². The summed E-state index contributed by atoms with van der Waals surface area (Å²) in [6, 6.07) is 2.18. The molecule has 0 bridgehead atoms. The normalized spacial score (nSPS) is 12.1. The van der Waals surface area contributed by atoms with E-state index in [4.69, 9.17) is 4.74 Å². The lowest BCUT2D eigenvalue weighted by molar-refractivity contribution is -0.139. The minimum absolute atomic E-state index is 0.0502. The maximum atomic E-state index is 12.7. The fourth-order valence-corrected chi connectivity index (χ4v) is 1.64. The first kappa shape index (κ1) is 18.1. The average molecular weight is 318 g/mol. The Kier molecular flexibility index (Phi) is 7.48. The Labute approximate surface area is 128 Å². The fraction of sp³-hybridized carbons (Fsp3) is 0.571. The fourth-order valence-electron chi connectivity index (χ4n) is 1.64. The van der Waals surface area contributed by atoms with Crippen molar-refractivity contribution in [3.8, 4) is 5.88 Å². The van der Waals surface area contributed by atoms with Gasteiger partial charge in [-0.05, 0) is 18.6 Å². The predicted molar refractivity (Wildman–Crippen MR) is 79.0 cm³/mol. The van der Waals surface area contributed by atoms with Crippen LogP contribution in [0.2, 0.25) is 0 Å². The molecule has 0 saturated heterocycles. The van der Waals surface area contributed by atoms with Crippen LogP contribution in [-0.4, -0.2) is 37.7 Å². The van der Waals surface area contributed by atoms with Gasteiger partial charge < -0.3 is 15.4 Å². The molecule has 0 spiro atoms. The van der Waals surface area contributed by atoms with E-state index in [2.05, 4.69) is 27.5 Å². The van der Waals surface area contributed by atoms with Crippen molar-refractivity contribution in [1.82, 2.24) is 15.6 Å². The van der Waals surface area contributed by atoms with E-state index in [9.17, 15) is 13.2 Å². The highest BCUT2D eigenvalue weighted by Gasteiger charge is 2.34. The summed E-state index contributed by atoms with van der Waals surface area (Å²) in [6.07, 6.45) is -1.13. The molecule has 0 aromatic carbocycles. The van der Waals surface area contributed by atoms with Crippen LogP contribution in [0.5, 0.6) is 5.88 Å². The molecule has 1 aromatic heterocycles. The number of halogens is 3. The van der Waals surface area contributed by atoms with Crippen LogP contribution in [0.4, 0.5) is 13.2 Å². The molecular weight excluding hydrogens is 297 g/mol. The number of nitrogens with one attached hydrogen (secondary N) is 2. The first-order chi connectivity index (χ1) is 10.5. The van der Waals surface area contributed by atoms with Crippen LogP contribution in [0.1, 0.15) is 25.3 Å². The first-order valence-corrected chi connectivity index (χ1v) is 7.08. The number of aromatic nitrogens is 1. The van der Waals surface area contributed by atoms with Crippen molar-refractivity contribution in [1.29, 1.82) is 0 Å². The molecular formula is C14H21F3N4O. The van der Waals surface area contributed by atoms with Gasteiger partial charge in [0.05, 0.1) is 6.54 Å². The monoisotopic (exact) mass is 318 g/mol. The summed E-state index contributed by atoms with van der Waals surface area (Å²) < 4.78 is 43.4. The summed E-state index contributed by atoms with van der Waals surface area (Å²) in [7, 11) is 1.63. The molecule has 22 heavy (non-hydrogen) atoms. The maximum Gasteiger partial charge on any atom is 0.421 e. The molecule has 0 radical (unpaired) electrons. The van der Waals surface area contributed by atoms with E-state index in [1.165, 1.54) is 12.3 Å². The Morgan fingerprint density at radius 3 is 2.68 bits per heavy atom. The summed E-state index contributed by atoms with van der Waals surface area (Å²) in [5.74, 6) is 0.180. The molecule has 0 aliphatic carbocycles. The Morgan fingerprint density at radius 2 is 2.05 bits per heavy atom. The van der Waals surface area contributed by atoms with Gasteiger partial charge in [-0.1, -0.05) is 13.3 Å². The van der Waals surface area contributed by atoms with E-state index in [0.717, 1.165) is 25.5 Å². The second kappa shape index (κ2) is 9.11. The van der Waals surface area contributed by atoms with E-state index in [-0.39, 0.29) is 6.61 Å². The number of rotatable bonds is 7. The SMILES string of the molecule is CCCCNC(=NC)NCCOc1ncccc1C(F)(F)F. The highest BCUT2D eigenvalue weighted by Crippen LogP contribution is 2.34. The quantitative estimate of drug-likeness (QED) is 0.461. The van der Waals surface area contributed by atoms with Crippen molar-refractivity contribution < 1.29 is 17.9 Å². The molecule has 0 fully saturated rings. The van der Waals surface area contributed by atoms with Gasteiger partial charge in [0.2, 0.25) is 5.88 Å². The van der Waals surface area contributed by atoms with Gasteiger partial charge in [-0.3, -0.25) is 4.99 Å². The summed E-state index contributed by atoms with van der Waals surface area (Å²) in [5.41, 5.74) is -0.875. The molecule has 1 rings (SSSR count). The Hall–Kier alpha value is -1.99. The van der Waals surface area contributed by atoms with Gasteiger partial charge in [0, 0.05) is 19.8 Å².